The van der Waals surface area contributed by atoms with E-state index in [4.69, 9.17) is 4.74 Å². The zero-order chi connectivity index (χ0) is 21.3. The molecular formula is C27H30N2O2. The Labute approximate surface area is 184 Å². The zero-order valence-electron chi connectivity index (χ0n) is 18.0. The Morgan fingerprint density at radius 1 is 0.871 bits per heavy atom. The van der Waals surface area contributed by atoms with Gasteiger partial charge in [-0.25, -0.2) is 0 Å². The lowest BCUT2D eigenvalue weighted by atomic mass is 9.60. The van der Waals surface area contributed by atoms with Crippen LogP contribution in [0.25, 0.3) is 0 Å². The predicted molar refractivity (Wildman–Crippen MR) is 123 cm³/mol. The van der Waals surface area contributed by atoms with Gasteiger partial charge in [-0.15, -0.1) is 0 Å². The van der Waals surface area contributed by atoms with Crippen LogP contribution in [0.15, 0.2) is 84.9 Å². The predicted octanol–water partition coefficient (Wildman–Crippen LogP) is 3.91. The average molecular weight is 415 g/mol. The highest BCUT2D eigenvalue weighted by Gasteiger charge is 2.65. The highest BCUT2D eigenvalue weighted by Crippen LogP contribution is 2.54. The molecule has 2 heterocycles. The van der Waals surface area contributed by atoms with Crippen molar-refractivity contribution < 1.29 is 9.84 Å². The van der Waals surface area contributed by atoms with Gasteiger partial charge in [-0.1, -0.05) is 78.9 Å². The summed E-state index contributed by atoms with van der Waals surface area (Å²) in [4.78, 5) is 5.04. The van der Waals surface area contributed by atoms with Crippen LogP contribution < -0.4 is 4.74 Å². The molecule has 0 saturated carbocycles. The van der Waals surface area contributed by atoms with Gasteiger partial charge in [0.1, 0.15) is 5.75 Å². The molecule has 2 aliphatic heterocycles. The number of aliphatic hydroxyl groups excluding tert-OH is 1. The Kier molecular flexibility index (Phi) is 5.53. The molecule has 0 amide bonds. The minimum absolute atomic E-state index is 0.0621. The van der Waals surface area contributed by atoms with E-state index in [0.29, 0.717) is 5.92 Å². The number of para-hydroxylation sites is 1. The van der Waals surface area contributed by atoms with Crippen LogP contribution in [0.1, 0.15) is 22.6 Å². The minimum atomic E-state index is 0.0621. The fraction of sp³-hybridized carbons (Fsp3) is 0.333. The van der Waals surface area contributed by atoms with E-state index in [1.54, 1.807) is 7.11 Å². The lowest BCUT2D eigenvalue weighted by Gasteiger charge is -2.71. The molecule has 0 radical (unpaired) electrons. The topological polar surface area (TPSA) is 35.9 Å². The van der Waals surface area contributed by atoms with E-state index < -0.39 is 0 Å². The van der Waals surface area contributed by atoms with Crippen molar-refractivity contribution in [2.24, 2.45) is 0 Å². The smallest absolute Gasteiger partial charge is 0.123 e. The summed E-state index contributed by atoms with van der Waals surface area (Å²) in [6.45, 7) is 3.93. The first-order valence-corrected chi connectivity index (χ1v) is 11.1. The first-order valence-electron chi connectivity index (χ1n) is 11.1. The van der Waals surface area contributed by atoms with Crippen molar-refractivity contribution in [2.75, 3.05) is 26.8 Å². The molecule has 0 aliphatic carbocycles. The number of ether oxygens (including phenoxy) is 1. The van der Waals surface area contributed by atoms with Gasteiger partial charge in [0.05, 0.1) is 19.3 Å². The number of nitrogens with zero attached hydrogens (tertiary/aromatic N) is 2. The van der Waals surface area contributed by atoms with E-state index in [-0.39, 0.29) is 18.2 Å². The van der Waals surface area contributed by atoms with Crippen LogP contribution in [-0.2, 0) is 13.1 Å². The molecule has 3 aromatic carbocycles. The van der Waals surface area contributed by atoms with Crippen LogP contribution >= 0.6 is 0 Å². The molecule has 160 valence electrons. The van der Waals surface area contributed by atoms with Gasteiger partial charge in [0.25, 0.3) is 0 Å². The van der Waals surface area contributed by atoms with E-state index in [2.05, 4.69) is 82.6 Å². The van der Waals surface area contributed by atoms with Crippen molar-refractivity contribution in [3.63, 3.8) is 0 Å². The Balaban J connectivity index is 1.40. The number of benzene rings is 3. The van der Waals surface area contributed by atoms with Gasteiger partial charge in [-0.05, 0) is 17.2 Å². The van der Waals surface area contributed by atoms with E-state index in [1.807, 2.05) is 12.1 Å². The molecule has 2 saturated heterocycles. The molecule has 31 heavy (non-hydrogen) atoms. The first kappa shape index (κ1) is 20.3. The lowest BCUT2D eigenvalue weighted by molar-refractivity contribution is -0.197. The summed E-state index contributed by atoms with van der Waals surface area (Å²) in [6, 6.07) is 29.8. The SMILES string of the molecule is COc1ccccc1CN1CC2(C1)[C@H](c1ccccc1)[C@@H](CO)N2Cc1ccccc1. The van der Waals surface area contributed by atoms with Gasteiger partial charge in [0.2, 0.25) is 0 Å². The average Bonchev–Trinajstić information content (AvgIpc) is 2.79. The quantitative estimate of drug-likeness (QED) is 0.636. The van der Waals surface area contributed by atoms with Crippen molar-refractivity contribution in [1.82, 2.24) is 9.80 Å². The molecule has 2 fully saturated rings. The summed E-state index contributed by atoms with van der Waals surface area (Å²) in [5.41, 5.74) is 3.92. The molecule has 0 unspecified atom stereocenters. The van der Waals surface area contributed by atoms with Crippen LogP contribution in [0, 0.1) is 0 Å². The molecule has 1 N–H and O–H groups in total. The van der Waals surface area contributed by atoms with Gasteiger partial charge in [0.15, 0.2) is 0 Å². The second-order valence-electron chi connectivity index (χ2n) is 8.81. The third-order valence-electron chi connectivity index (χ3n) is 7.06. The number of aliphatic hydroxyl groups is 1. The fourth-order valence-electron chi connectivity index (χ4n) is 5.71. The van der Waals surface area contributed by atoms with Crippen LogP contribution in [0.4, 0.5) is 0 Å². The van der Waals surface area contributed by atoms with Crippen molar-refractivity contribution in [1.29, 1.82) is 0 Å². The molecule has 1 spiro atoms. The molecule has 2 aliphatic rings. The van der Waals surface area contributed by atoms with Crippen molar-refractivity contribution in [3.8, 4) is 5.75 Å². The van der Waals surface area contributed by atoms with E-state index in [0.717, 1.165) is 31.9 Å². The summed E-state index contributed by atoms with van der Waals surface area (Å²) in [5.74, 6) is 1.29. The molecule has 4 heteroatoms. The van der Waals surface area contributed by atoms with Crippen molar-refractivity contribution in [3.05, 3.63) is 102 Å². The van der Waals surface area contributed by atoms with Crippen molar-refractivity contribution >= 4 is 0 Å². The normalized spacial score (nSPS) is 22.6. The molecule has 5 rings (SSSR count). The highest BCUT2D eigenvalue weighted by atomic mass is 16.5. The standard InChI is InChI=1S/C27H30N2O2/c1-31-25-15-9-8-14-23(25)17-28-19-27(20-28)26(22-12-6-3-7-13-22)24(18-30)29(27)16-21-10-4-2-5-11-21/h2-15,24,26,30H,16-20H2,1H3/t24-,26-/m1/s1. The second kappa shape index (κ2) is 8.46. The Bertz CT molecular complexity index is 1000. The number of rotatable bonds is 7. The summed E-state index contributed by atoms with van der Waals surface area (Å²) in [5, 5.41) is 10.3. The Morgan fingerprint density at radius 2 is 1.52 bits per heavy atom. The number of hydrogen-bond donors (Lipinski definition) is 1. The minimum Gasteiger partial charge on any atom is -0.496 e. The molecule has 0 bridgehead atoms. The first-order chi connectivity index (χ1) is 15.2. The van der Waals surface area contributed by atoms with Crippen LogP contribution in [-0.4, -0.2) is 53.3 Å². The van der Waals surface area contributed by atoms with Crippen LogP contribution in [0.5, 0.6) is 5.75 Å². The molecule has 3 aromatic rings. The lowest BCUT2D eigenvalue weighted by Crippen LogP contribution is -2.83. The third kappa shape index (κ3) is 3.55. The molecular weight excluding hydrogens is 384 g/mol. The van der Waals surface area contributed by atoms with Gasteiger partial charge >= 0.3 is 0 Å². The highest BCUT2D eigenvalue weighted by molar-refractivity contribution is 5.38. The summed E-state index contributed by atoms with van der Waals surface area (Å²) in [7, 11) is 1.74. The monoisotopic (exact) mass is 414 g/mol. The number of hydrogen-bond acceptors (Lipinski definition) is 4. The number of likely N-dealkylation sites (tertiary alicyclic amines) is 2. The Hall–Kier alpha value is -2.66. The van der Waals surface area contributed by atoms with Crippen LogP contribution in [0.3, 0.4) is 0 Å². The van der Waals surface area contributed by atoms with Gasteiger partial charge in [-0.2, -0.15) is 0 Å². The van der Waals surface area contributed by atoms with Crippen LogP contribution in [0.2, 0.25) is 0 Å². The Morgan fingerprint density at radius 3 is 2.19 bits per heavy atom. The molecule has 2 atom stereocenters. The van der Waals surface area contributed by atoms with Crippen molar-refractivity contribution in [2.45, 2.75) is 30.6 Å². The molecule has 0 aromatic heterocycles. The maximum atomic E-state index is 10.3. The summed E-state index contributed by atoms with van der Waals surface area (Å²) >= 11 is 0. The van der Waals surface area contributed by atoms with Gasteiger partial charge in [-0.3, -0.25) is 9.80 Å². The molecule has 4 nitrogen and oxygen atoms in total. The van der Waals surface area contributed by atoms with E-state index in [9.17, 15) is 5.11 Å². The van der Waals surface area contributed by atoms with E-state index >= 15 is 0 Å². The zero-order valence-corrected chi connectivity index (χ0v) is 18.0. The maximum absolute atomic E-state index is 10.3. The van der Waals surface area contributed by atoms with Gasteiger partial charge in [0, 0.05) is 43.7 Å². The third-order valence-corrected chi connectivity index (χ3v) is 7.06. The number of methoxy groups -OCH3 is 1. The van der Waals surface area contributed by atoms with E-state index in [1.165, 1.54) is 16.7 Å². The fourth-order valence-corrected chi connectivity index (χ4v) is 5.71. The van der Waals surface area contributed by atoms with Gasteiger partial charge < -0.3 is 9.84 Å². The second-order valence-corrected chi connectivity index (χ2v) is 8.81. The summed E-state index contributed by atoms with van der Waals surface area (Å²) in [6.07, 6.45) is 0. The largest absolute Gasteiger partial charge is 0.496 e. The summed E-state index contributed by atoms with van der Waals surface area (Å²) < 4.78 is 5.56. The maximum Gasteiger partial charge on any atom is 0.123 e.